The summed E-state index contributed by atoms with van der Waals surface area (Å²) in [5, 5.41) is 0. The first-order valence-electron chi connectivity index (χ1n) is 14.1. The lowest BCUT2D eigenvalue weighted by atomic mass is 9.52. The number of hydrogen-bond donors (Lipinski definition) is 0. The molecule has 0 aliphatic heterocycles. The van der Waals surface area contributed by atoms with Crippen LogP contribution in [0.25, 0.3) is 0 Å². The number of aryl methyl sites for hydroxylation is 1. The molecule has 3 aliphatic rings. The molecule has 0 aromatic heterocycles. The van der Waals surface area contributed by atoms with Crippen molar-refractivity contribution >= 4 is 0 Å². The van der Waals surface area contributed by atoms with Gasteiger partial charge in [-0.3, -0.25) is 0 Å². The molecule has 6 rings (SSSR count). The third-order valence-corrected chi connectivity index (χ3v) is 9.64. The maximum Gasteiger partial charge on any atom is 0.120 e. The third-order valence-electron chi connectivity index (χ3n) is 9.64. The fourth-order valence-electron chi connectivity index (χ4n) is 8.03. The average Bonchev–Trinajstić information content (AvgIpc) is 3.27. The van der Waals surface area contributed by atoms with Crippen molar-refractivity contribution in [2.75, 3.05) is 0 Å². The van der Waals surface area contributed by atoms with Crippen molar-refractivity contribution < 1.29 is 9.47 Å². The van der Waals surface area contributed by atoms with Crippen molar-refractivity contribution in [3.05, 3.63) is 101 Å². The van der Waals surface area contributed by atoms with E-state index in [1.165, 1.54) is 55.2 Å². The molecule has 36 heavy (non-hydrogen) atoms. The lowest BCUT2D eigenvalue weighted by molar-refractivity contribution is 0.0145. The van der Waals surface area contributed by atoms with E-state index < -0.39 is 0 Å². The quantitative estimate of drug-likeness (QED) is 0.338. The first kappa shape index (κ1) is 23.8. The second-order valence-electron chi connectivity index (χ2n) is 11.9. The molecule has 0 saturated heterocycles. The highest BCUT2D eigenvalue weighted by Crippen LogP contribution is 2.63. The van der Waals surface area contributed by atoms with Gasteiger partial charge in [0.2, 0.25) is 0 Å². The SMILES string of the molecule is CC[C@H]1C[C@]2(C)C[C@H](OCc3ccccc3)C[C@H]2[C@@H]2CCc3cc(OCc4ccccc4)ccc3[C@@H]12. The van der Waals surface area contributed by atoms with E-state index in [9.17, 15) is 0 Å². The van der Waals surface area contributed by atoms with Crippen molar-refractivity contribution in [3.63, 3.8) is 0 Å². The maximum atomic E-state index is 6.53. The van der Waals surface area contributed by atoms with Gasteiger partial charge in [-0.15, -0.1) is 0 Å². The number of benzene rings is 3. The minimum atomic E-state index is 0.395. The Balaban J connectivity index is 1.18. The highest BCUT2D eigenvalue weighted by Gasteiger charge is 2.56. The van der Waals surface area contributed by atoms with Crippen LogP contribution < -0.4 is 4.74 Å². The van der Waals surface area contributed by atoms with Crippen molar-refractivity contribution in [3.8, 4) is 5.75 Å². The summed E-state index contributed by atoms with van der Waals surface area (Å²) in [5.41, 5.74) is 6.07. The molecule has 2 fully saturated rings. The fraction of sp³-hybridized carbons (Fsp3) is 0.471. The lowest BCUT2D eigenvalue weighted by Crippen LogP contribution is -2.44. The molecule has 2 heteroatoms. The molecule has 2 saturated carbocycles. The second kappa shape index (κ2) is 10.1. The van der Waals surface area contributed by atoms with Crippen LogP contribution >= 0.6 is 0 Å². The van der Waals surface area contributed by atoms with E-state index in [0.717, 1.165) is 30.1 Å². The molecule has 0 radical (unpaired) electrons. The molecule has 3 aromatic rings. The van der Waals surface area contributed by atoms with Crippen LogP contribution in [0.1, 0.15) is 74.1 Å². The van der Waals surface area contributed by atoms with Crippen molar-refractivity contribution in [2.45, 2.75) is 77.6 Å². The highest BCUT2D eigenvalue weighted by molar-refractivity contribution is 5.41. The van der Waals surface area contributed by atoms with Crippen LogP contribution in [0, 0.1) is 23.2 Å². The topological polar surface area (TPSA) is 18.5 Å². The van der Waals surface area contributed by atoms with Gasteiger partial charge >= 0.3 is 0 Å². The number of rotatable bonds is 7. The zero-order valence-electron chi connectivity index (χ0n) is 21.9. The summed E-state index contributed by atoms with van der Waals surface area (Å²) in [6.45, 7) is 6.37. The Kier molecular flexibility index (Phi) is 6.65. The van der Waals surface area contributed by atoms with E-state index in [-0.39, 0.29) is 0 Å². The number of ether oxygens (including phenoxy) is 2. The molecule has 0 N–H and O–H groups in total. The summed E-state index contributed by atoms with van der Waals surface area (Å²) in [7, 11) is 0. The Morgan fingerprint density at radius 1 is 0.861 bits per heavy atom. The summed E-state index contributed by atoms with van der Waals surface area (Å²) in [5.74, 6) is 4.02. The van der Waals surface area contributed by atoms with Gasteiger partial charge in [0.15, 0.2) is 0 Å². The number of hydrogen-bond acceptors (Lipinski definition) is 2. The highest BCUT2D eigenvalue weighted by atomic mass is 16.5. The Morgan fingerprint density at radius 3 is 2.31 bits per heavy atom. The monoisotopic (exact) mass is 480 g/mol. The Hall–Kier alpha value is -2.58. The normalized spacial score (nSPS) is 30.8. The molecule has 3 aromatic carbocycles. The van der Waals surface area contributed by atoms with E-state index in [0.29, 0.717) is 24.0 Å². The van der Waals surface area contributed by atoms with Gasteiger partial charge in [-0.25, -0.2) is 0 Å². The Morgan fingerprint density at radius 2 is 1.58 bits per heavy atom. The summed E-state index contributed by atoms with van der Waals surface area (Å²) in [6.07, 6.45) is 7.95. The molecule has 188 valence electrons. The van der Waals surface area contributed by atoms with Crippen LogP contribution in [-0.4, -0.2) is 6.10 Å². The molecule has 0 spiro atoms. The molecule has 0 amide bonds. The van der Waals surface area contributed by atoms with Gasteiger partial charge in [-0.1, -0.05) is 87.0 Å². The van der Waals surface area contributed by atoms with E-state index in [1.54, 1.807) is 5.56 Å². The van der Waals surface area contributed by atoms with Crippen LogP contribution in [-0.2, 0) is 24.4 Å². The van der Waals surface area contributed by atoms with Gasteiger partial charge in [0, 0.05) is 0 Å². The first-order valence-corrected chi connectivity index (χ1v) is 14.1. The molecular formula is C34H40O2. The van der Waals surface area contributed by atoms with Crippen molar-refractivity contribution in [2.24, 2.45) is 23.2 Å². The summed E-state index contributed by atoms with van der Waals surface area (Å²) in [6, 6.07) is 28.1. The van der Waals surface area contributed by atoms with Gasteiger partial charge in [0.25, 0.3) is 0 Å². The smallest absolute Gasteiger partial charge is 0.120 e. The van der Waals surface area contributed by atoms with Crippen LogP contribution in [0.4, 0.5) is 0 Å². The molecular weight excluding hydrogens is 440 g/mol. The predicted molar refractivity (Wildman–Crippen MR) is 146 cm³/mol. The predicted octanol–water partition coefficient (Wildman–Crippen LogP) is 8.34. The van der Waals surface area contributed by atoms with E-state index >= 15 is 0 Å². The Labute approximate surface area is 217 Å². The van der Waals surface area contributed by atoms with Crippen LogP contribution in [0.5, 0.6) is 5.75 Å². The number of fused-ring (bicyclic) bond motifs is 5. The molecule has 3 aliphatic carbocycles. The molecule has 0 bridgehead atoms. The van der Waals surface area contributed by atoms with Gasteiger partial charge < -0.3 is 9.47 Å². The van der Waals surface area contributed by atoms with Gasteiger partial charge in [0.1, 0.15) is 12.4 Å². The summed E-state index contributed by atoms with van der Waals surface area (Å²) in [4.78, 5) is 0. The van der Waals surface area contributed by atoms with Gasteiger partial charge in [0.05, 0.1) is 12.7 Å². The molecule has 6 atom stereocenters. The molecule has 0 heterocycles. The lowest BCUT2D eigenvalue weighted by Gasteiger charge is -2.53. The van der Waals surface area contributed by atoms with Crippen LogP contribution in [0.3, 0.4) is 0 Å². The molecule has 2 nitrogen and oxygen atoms in total. The second-order valence-corrected chi connectivity index (χ2v) is 11.9. The summed E-state index contributed by atoms with van der Waals surface area (Å²) >= 11 is 0. The average molecular weight is 481 g/mol. The summed E-state index contributed by atoms with van der Waals surface area (Å²) < 4.78 is 12.7. The van der Waals surface area contributed by atoms with Gasteiger partial charge in [-0.2, -0.15) is 0 Å². The minimum absolute atomic E-state index is 0.395. The van der Waals surface area contributed by atoms with E-state index in [4.69, 9.17) is 9.47 Å². The largest absolute Gasteiger partial charge is 0.489 e. The fourth-order valence-corrected chi connectivity index (χ4v) is 8.03. The first-order chi connectivity index (χ1) is 17.6. The standard InChI is InChI=1S/C34H40O2/c1-3-26-20-34(2)21-29(36-23-25-12-8-5-9-13-25)19-32(34)31-16-14-27-18-28(15-17-30(27)33(26)31)35-22-24-10-6-4-7-11-24/h4-13,15,17-18,26,29,31-33H,3,14,16,19-23H2,1-2H3/t26-,29+,31-,32-,33+,34+/m0/s1. The zero-order valence-corrected chi connectivity index (χ0v) is 21.9. The molecule has 0 unspecified atom stereocenters. The van der Waals surface area contributed by atoms with Crippen LogP contribution in [0.2, 0.25) is 0 Å². The minimum Gasteiger partial charge on any atom is -0.489 e. The van der Waals surface area contributed by atoms with E-state index in [1.807, 2.05) is 0 Å². The van der Waals surface area contributed by atoms with Crippen molar-refractivity contribution in [1.82, 2.24) is 0 Å². The van der Waals surface area contributed by atoms with Crippen LogP contribution in [0.15, 0.2) is 78.9 Å². The Bertz CT molecular complexity index is 1160. The van der Waals surface area contributed by atoms with Crippen molar-refractivity contribution in [1.29, 1.82) is 0 Å². The van der Waals surface area contributed by atoms with Gasteiger partial charge in [-0.05, 0) is 95.6 Å². The van der Waals surface area contributed by atoms with E-state index in [2.05, 4.69) is 92.7 Å². The third kappa shape index (κ3) is 4.61. The maximum absolute atomic E-state index is 6.53. The zero-order chi connectivity index (χ0) is 24.5.